The molecule has 2 amide bonds. The molecule has 0 aliphatic rings. The highest BCUT2D eigenvalue weighted by Crippen LogP contribution is 2.38. The van der Waals surface area contributed by atoms with E-state index in [0.29, 0.717) is 28.8 Å². The lowest BCUT2D eigenvalue weighted by Gasteiger charge is -2.08. The summed E-state index contributed by atoms with van der Waals surface area (Å²) in [6.07, 6.45) is 4.25. The van der Waals surface area contributed by atoms with Gasteiger partial charge in [-0.25, -0.2) is 19.7 Å². The van der Waals surface area contributed by atoms with Crippen molar-refractivity contribution >= 4 is 32.7 Å². The maximum absolute atomic E-state index is 12.0. The molecule has 1 atom stereocenters. The van der Waals surface area contributed by atoms with E-state index in [1.165, 1.54) is 11.3 Å². The summed E-state index contributed by atoms with van der Waals surface area (Å²) in [5.41, 5.74) is 3.94. The first-order valence-corrected chi connectivity index (χ1v) is 10.8. The number of nitrogens with one attached hydrogen (secondary N) is 2. The van der Waals surface area contributed by atoms with Gasteiger partial charge in [0.15, 0.2) is 11.0 Å². The summed E-state index contributed by atoms with van der Waals surface area (Å²) in [6, 6.07) is 7.32. The van der Waals surface area contributed by atoms with Gasteiger partial charge in [-0.2, -0.15) is 0 Å². The second kappa shape index (κ2) is 9.25. The highest BCUT2D eigenvalue weighted by atomic mass is 32.1. The molecule has 0 radical (unpaired) electrons. The number of methoxy groups -OCH3 is 1. The van der Waals surface area contributed by atoms with E-state index >= 15 is 0 Å². The van der Waals surface area contributed by atoms with Crippen LogP contribution in [-0.2, 0) is 0 Å². The molecule has 0 saturated heterocycles. The van der Waals surface area contributed by atoms with Gasteiger partial charge in [-0.15, -0.1) is 0 Å². The molecule has 1 aromatic carbocycles. The number of carbonyl (C=O) groups is 1. The number of thiazole rings is 1. The third kappa shape index (κ3) is 4.51. The Morgan fingerprint density at radius 2 is 1.94 bits per heavy atom. The quantitative estimate of drug-likeness (QED) is 0.405. The van der Waals surface area contributed by atoms with Crippen LogP contribution < -0.4 is 15.4 Å². The second-order valence-corrected chi connectivity index (χ2v) is 7.96. The molecule has 9 nitrogen and oxygen atoms in total. The average Bonchev–Trinajstić information content (AvgIpc) is 3.21. The molecule has 4 aromatic rings. The number of nitrogens with zero attached hydrogens (tertiary/aromatic N) is 4. The molecule has 0 saturated carbocycles. The maximum atomic E-state index is 12.0. The normalized spacial score (nSPS) is 11.9. The molecule has 3 N–H and O–H groups in total. The van der Waals surface area contributed by atoms with Crippen molar-refractivity contribution in [1.82, 2.24) is 25.3 Å². The standard InChI is InChI=1S/C22H22N6O3S/c1-4-23-21(30)28-22-27-18-8-13(14-9-25-20(12(2)29)26-10-14)7-16(19(18)32-22)17-6-5-15(31-3)11-24-17/h5-12,29H,4H2,1-3H3,(H2,23,27,28,30). The van der Waals surface area contributed by atoms with Gasteiger partial charge < -0.3 is 15.2 Å². The third-order valence-electron chi connectivity index (χ3n) is 4.67. The van der Waals surface area contributed by atoms with Gasteiger partial charge in [-0.3, -0.25) is 10.3 Å². The van der Waals surface area contributed by atoms with E-state index in [-0.39, 0.29) is 6.03 Å². The number of aliphatic hydroxyl groups excluding tert-OH is 1. The van der Waals surface area contributed by atoms with Gasteiger partial charge in [-0.05, 0) is 43.7 Å². The molecule has 4 rings (SSSR count). The first-order valence-electron chi connectivity index (χ1n) is 9.98. The Labute approximate surface area is 188 Å². The number of anilines is 1. The van der Waals surface area contributed by atoms with Gasteiger partial charge in [-0.1, -0.05) is 11.3 Å². The predicted molar refractivity (Wildman–Crippen MR) is 124 cm³/mol. The Kier molecular flexibility index (Phi) is 6.24. The minimum atomic E-state index is -0.743. The molecule has 0 spiro atoms. The number of carbonyl (C=O) groups excluding carboxylic acids is 1. The fraction of sp³-hybridized carbons (Fsp3) is 0.227. The molecule has 0 bridgehead atoms. The Morgan fingerprint density at radius 3 is 2.56 bits per heavy atom. The van der Waals surface area contributed by atoms with Gasteiger partial charge in [0.25, 0.3) is 0 Å². The highest BCUT2D eigenvalue weighted by Gasteiger charge is 2.16. The number of aromatic nitrogens is 4. The van der Waals surface area contributed by atoms with Crippen LogP contribution in [0.3, 0.4) is 0 Å². The summed E-state index contributed by atoms with van der Waals surface area (Å²) in [5.74, 6) is 1.01. The maximum Gasteiger partial charge on any atom is 0.321 e. The largest absolute Gasteiger partial charge is 0.495 e. The molecule has 3 aromatic heterocycles. The van der Waals surface area contributed by atoms with Crippen LogP contribution in [-0.4, -0.2) is 44.7 Å². The lowest BCUT2D eigenvalue weighted by Crippen LogP contribution is -2.28. The third-order valence-corrected chi connectivity index (χ3v) is 5.69. The zero-order valence-corrected chi connectivity index (χ0v) is 18.6. The topological polar surface area (TPSA) is 122 Å². The zero-order valence-electron chi connectivity index (χ0n) is 17.8. The van der Waals surface area contributed by atoms with Crippen molar-refractivity contribution in [2.75, 3.05) is 19.0 Å². The molecule has 0 aliphatic heterocycles. The number of fused-ring (bicyclic) bond motifs is 1. The Bertz CT molecular complexity index is 1240. The Balaban J connectivity index is 1.83. The molecule has 0 fully saturated rings. The number of rotatable bonds is 6. The molecular weight excluding hydrogens is 428 g/mol. The lowest BCUT2D eigenvalue weighted by atomic mass is 10.0. The average molecular weight is 451 g/mol. The minimum Gasteiger partial charge on any atom is -0.495 e. The number of benzene rings is 1. The number of hydrogen-bond donors (Lipinski definition) is 3. The number of pyridine rings is 1. The van der Waals surface area contributed by atoms with Gasteiger partial charge in [0.05, 0.1) is 29.2 Å². The number of amides is 2. The van der Waals surface area contributed by atoms with E-state index in [4.69, 9.17) is 4.74 Å². The number of hydrogen-bond acceptors (Lipinski definition) is 8. The van der Waals surface area contributed by atoms with E-state index in [0.717, 1.165) is 27.1 Å². The molecule has 0 aliphatic carbocycles. The van der Waals surface area contributed by atoms with Crippen molar-refractivity contribution in [2.45, 2.75) is 20.0 Å². The van der Waals surface area contributed by atoms with Crippen molar-refractivity contribution in [1.29, 1.82) is 0 Å². The molecule has 3 heterocycles. The first-order chi connectivity index (χ1) is 15.5. The zero-order chi connectivity index (χ0) is 22.7. The predicted octanol–water partition coefficient (Wildman–Crippen LogP) is 4.02. The SMILES string of the molecule is CCNC(=O)Nc1nc2cc(-c3cnc(C(C)O)nc3)cc(-c3ccc(OC)cn3)c2s1. The summed E-state index contributed by atoms with van der Waals surface area (Å²) < 4.78 is 6.11. The van der Waals surface area contributed by atoms with Gasteiger partial charge in [0.1, 0.15) is 11.9 Å². The highest BCUT2D eigenvalue weighted by molar-refractivity contribution is 7.22. The second-order valence-electron chi connectivity index (χ2n) is 6.96. The van der Waals surface area contributed by atoms with E-state index in [1.54, 1.807) is 32.6 Å². The van der Waals surface area contributed by atoms with Crippen LogP contribution in [0.15, 0.2) is 42.9 Å². The van der Waals surface area contributed by atoms with Crippen LogP contribution >= 0.6 is 11.3 Å². The van der Waals surface area contributed by atoms with Crippen molar-refractivity contribution in [3.8, 4) is 28.1 Å². The molecule has 1 unspecified atom stereocenters. The number of aliphatic hydroxyl groups is 1. The minimum absolute atomic E-state index is 0.307. The smallest absolute Gasteiger partial charge is 0.321 e. The number of urea groups is 1. The van der Waals surface area contributed by atoms with Crippen LogP contribution in [0.4, 0.5) is 9.93 Å². The van der Waals surface area contributed by atoms with Crippen LogP contribution in [0.2, 0.25) is 0 Å². The summed E-state index contributed by atoms with van der Waals surface area (Å²) in [4.78, 5) is 29.6. The fourth-order valence-corrected chi connectivity index (χ4v) is 4.07. The Morgan fingerprint density at radius 1 is 1.16 bits per heavy atom. The molecule has 32 heavy (non-hydrogen) atoms. The van der Waals surface area contributed by atoms with E-state index in [9.17, 15) is 9.90 Å². The van der Waals surface area contributed by atoms with Gasteiger partial charge >= 0.3 is 6.03 Å². The monoisotopic (exact) mass is 450 g/mol. The van der Waals surface area contributed by atoms with Crippen LogP contribution in [0, 0.1) is 0 Å². The molecule has 10 heteroatoms. The first kappa shape index (κ1) is 21.6. The van der Waals surface area contributed by atoms with Gasteiger partial charge in [0, 0.05) is 30.1 Å². The van der Waals surface area contributed by atoms with Crippen LogP contribution in [0.1, 0.15) is 25.8 Å². The van der Waals surface area contributed by atoms with Crippen molar-refractivity contribution < 1.29 is 14.6 Å². The number of ether oxygens (including phenoxy) is 1. The van der Waals surface area contributed by atoms with Crippen LogP contribution in [0.25, 0.3) is 32.6 Å². The summed E-state index contributed by atoms with van der Waals surface area (Å²) >= 11 is 1.37. The lowest BCUT2D eigenvalue weighted by molar-refractivity contribution is 0.189. The Hall–Kier alpha value is -3.63. The van der Waals surface area contributed by atoms with E-state index < -0.39 is 6.10 Å². The summed E-state index contributed by atoms with van der Waals surface area (Å²) in [6.45, 7) is 3.99. The van der Waals surface area contributed by atoms with Crippen molar-refractivity contribution in [3.05, 3.63) is 48.7 Å². The van der Waals surface area contributed by atoms with E-state index in [2.05, 4.69) is 30.6 Å². The van der Waals surface area contributed by atoms with Gasteiger partial charge in [0.2, 0.25) is 0 Å². The van der Waals surface area contributed by atoms with E-state index in [1.807, 2.05) is 31.2 Å². The molecule has 164 valence electrons. The summed E-state index contributed by atoms with van der Waals surface area (Å²) in [7, 11) is 1.59. The van der Waals surface area contributed by atoms with Crippen LogP contribution in [0.5, 0.6) is 5.75 Å². The summed E-state index contributed by atoms with van der Waals surface area (Å²) in [5, 5.41) is 15.6. The van der Waals surface area contributed by atoms with Crippen molar-refractivity contribution in [2.24, 2.45) is 0 Å². The van der Waals surface area contributed by atoms with Crippen molar-refractivity contribution in [3.63, 3.8) is 0 Å². The fourth-order valence-electron chi connectivity index (χ4n) is 3.11. The molecular formula is C22H22N6O3S.